The highest BCUT2D eigenvalue weighted by molar-refractivity contribution is 6.34. The van der Waals surface area contributed by atoms with Crippen molar-refractivity contribution in [3.63, 3.8) is 0 Å². The van der Waals surface area contributed by atoms with E-state index in [9.17, 15) is 0 Å². The second-order valence-electron chi connectivity index (χ2n) is 4.06. The molecule has 0 radical (unpaired) electrons. The Morgan fingerprint density at radius 2 is 2.39 bits per heavy atom. The summed E-state index contributed by atoms with van der Waals surface area (Å²) < 4.78 is 6.88. The molecule has 2 N–H and O–H groups in total. The molecule has 0 spiro atoms. The number of methoxy groups -OCH3 is 1. The molecule has 2 aromatic rings. The Hall–Kier alpha value is -1.52. The number of nitrogens with two attached hydrogens (primary N) is 1. The Morgan fingerprint density at radius 1 is 1.61 bits per heavy atom. The van der Waals surface area contributed by atoms with Gasteiger partial charge in [-0.1, -0.05) is 17.7 Å². The molecule has 0 unspecified atom stereocenters. The summed E-state index contributed by atoms with van der Waals surface area (Å²) >= 11 is 6.11. The van der Waals surface area contributed by atoms with Crippen LogP contribution in [-0.4, -0.2) is 23.5 Å². The number of fused-ring (bicyclic) bond motifs is 1. The molecule has 0 amide bonds. The van der Waals surface area contributed by atoms with Gasteiger partial charge < -0.3 is 10.5 Å². The number of aromatic nitrogens is 2. The summed E-state index contributed by atoms with van der Waals surface area (Å²) in [7, 11) is 1.67. The summed E-state index contributed by atoms with van der Waals surface area (Å²) in [5.41, 5.74) is 8.44. The van der Waals surface area contributed by atoms with Crippen LogP contribution in [0.3, 0.4) is 0 Å². The van der Waals surface area contributed by atoms with Crippen molar-refractivity contribution in [3.8, 4) is 0 Å². The third kappa shape index (κ3) is 2.35. The number of benzene rings is 1. The molecule has 0 fully saturated rings. The van der Waals surface area contributed by atoms with E-state index in [4.69, 9.17) is 22.1 Å². The van der Waals surface area contributed by atoms with Crippen molar-refractivity contribution in [2.24, 2.45) is 0 Å². The van der Waals surface area contributed by atoms with Crippen LogP contribution in [0.15, 0.2) is 24.9 Å². The molecular weight excluding hydrogens is 250 g/mol. The van der Waals surface area contributed by atoms with E-state index < -0.39 is 0 Å². The highest BCUT2D eigenvalue weighted by Gasteiger charge is 2.12. The van der Waals surface area contributed by atoms with Gasteiger partial charge in [-0.25, -0.2) is 0 Å². The average molecular weight is 266 g/mol. The summed E-state index contributed by atoms with van der Waals surface area (Å²) in [6.45, 7) is 5.07. The lowest BCUT2D eigenvalue weighted by atomic mass is 10.1. The number of allylic oxidation sites excluding steroid dienone is 1. The third-order valence-electron chi connectivity index (χ3n) is 2.83. The topological polar surface area (TPSA) is 53.1 Å². The van der Waals surface area contributed by atoms with Crippen molar-refractivity contribution in [3.05, 3.63) is 35.5 Å². The first-order valence-corrected chi connectivity index (χ1v) is 6.09. The van der Waals surface area contributed by atoms with Crippen molar-refractivity contribution in [1.82, 2.24) is 9.78 Å². The monoisotopic (exact) mass is 265 g/mol. The van der Waals surface area contributed by atoms with Gasteiger partial charge in [0.1, 0.15) is 0 Å². The highest BCUT2D eigenvalue weighted by atomic mass is 35.5. The Bertz CT molecular complexity index is 577. The number of ether oxygens (including phenoxy) is 1. The molecule has 0 saturated carbocycles. The van der Waals surface area contributed by atoms with Crippen molar-refractivity contribution in [2.75, 3.05) is 19.5 Å². The lowest BCUT2D eigenvalue weighted by Gasteiger charge is -2.06. The number of rotatable bonds is 5. The molecule has 0 aliphatic rings. The first-order chi connectivity index (χ1) is 8.67. The van der Waals surface area contributed by atoms with Crippen LogP contribution in [0.5, 0.6) is 0 Å². The van der Waals surface area contributed by atoms with Crippen LogP contribution < -0.4 is 5.73 Å². The SMILES string of the molecule is C=CCc1c(N)c(Cl)cc2nn(CCOC)cc12. The molecule has 96 valence electrons. The summed E-state index contributed by atoms with van der Waals surface area (Å²) in [5, 5.41) is 6.02. The van der Waals surface area contributed by atoms with Gasteiger partial charge in [0.05, 0.1) is 29.4 Å². The highest BCUT2D eigenvalue weighted by Crippen LogP contribution is 2.31. The van der Waals surface area contributed by atoms with Crippen LogP contribution >= 0.6 is 11.6 Å². The van der Waals surface area contributed by atoms with Gasteiger partial charge in [0.2, 0.25) is 0 Å². The minimum absolute atomic E-state index is 0.538. The minimum atomic E-state index is 0.538. The van der Waals surface area contributed by atoms with Gasteiger partial charge >= 0.3 is 0 Å². The van der Waals surface area contributed by atoms with E-state index in [-0.39, 0.29) is 0 Å². The number of nitrogens with zero attached hydrogens (tertiary/aromatic N) is 2. The van der Waals surface area contributed by atoms with Crippen LogP contribution in [0, 0.1) is 0 Å². The molecule has 0 atom stereocenters. The summed E-state index contributed by atoms with van der Waals surface area (Å²) in [6.07, 6.45) is 4.46. The first-order valence-electron chi connectivity index (χ1n) is 5.71. The lowest BCUT2D eigenvalue weighted by Crippen LogP contribution is -2.03. The van der Waals surface area contributed by atoms with Gasteiger partial charge in [-0.15, -0.1) is 6.58 Å². The molecular formula is C13H16ClN3O. The number of hydrogen-bond acceptors (Lipinski definition) is 3. The molecule has 1 aromatic heterocycles. The molecule has 0 aliphatic carbocycles. The fourth-order valence-corrected chi connectivity index (χ4v) is 2.14. The third-order valence-corrected chi connectivity index (χ3v) is 3.15. The van der Waals surface area contributed by atoms with Crippen LogP contribution in [-0.2, 0) is 17.7 Å². The largest absolute Gasteiger partial charge is 0.397 e. The summed E-state index contributed by atoms with van der Waals surface area (Å²) in [5.74, 6) is 0. The molecule has 0 aliphatic heterocycles. The van der Waals surface area contributed by atoms with E-state index in [1.54, 1.807) is 13.2 Å². The molecule has 1 aromatic carbocycles. The van der Waals surface area contributed by atoms with Gasteiger partial charge in [-0.05, 0) is 18.1 Å². The Morgan fingerprint density at radius 3 is 3.06 bits per heavy atom. The maximum absolute atomic E-state index is 6.11. The van der Waals surface area contributed by atoms with Gasteiger partial charge in [-0.3, -0.25) is 4.68 Å². The zero-order valence-electron chi connectivity index (χ0n) is 10.3. The maximum atomic E-state index is 6.11. The predicted octanol–water partition coefficient (Wildman–Crippen LogP) is 2.65. The van der Waals surface area contributed by atoms with E-state index in [1.165, 1.54) is 0 Å². The van der Waals surface area contributed by atoms with Crippen molar-refractivity contribution in [1.29, 1.82) is 0 Å². The second kappa shape index (κ2) is 5.42. The second-order valence-corrected chi connectivity index (χ2v) is 4.47. The number of hydrogen-bond donors (Lipinski definition) is 1. The molecule has 2 rings (SSSR count). The number of anilines is 1. The Labute approximate surface area is 111 Å². The average Bonchev–Trinajstić information content (AvgIpc) is 2.75. The van der Waals surface area contributed by atoms with Gasteiger partial charge in [0.25, 0.3) is 0 Å². The molecule has 18 heavy (non-hydrogen) atoms. The van der Waals surface area contributed by atoms with E-state index in [0.717, 1.165) is 16.5 Å². The van der Waals surface area contributed by atoms with Crippen LogP contribution in [0.4, 0.5) is 5.69 Å². The van der Waals surface area contributed by atoms with Crippen LogP contribution in [0.1, 0.15) is 5.56 Å². The zero-order valence-corrected chi connectivity index (χ0v) is 11.1. The quantitative estimate of drug-likeness (QED) is 0.668. The first kappa shape index (κ1) is 12.9. The van der Waals surface area contributed by atoms with Crippen molar-refractivity contribution < 1.29 is 4.74 Å². The van der Waals surface area contributed by atoms with Crippen molar-refractivity contribution >= 4 is 28.2 Å². The standard InChI is InChI=1S/C13H16ClN3O/c1-3-4-9-10-8-17(5-6-18-2)16-12(10)7-11(14)13(9)15/h3,7-8H,1,4-6,15H2,2H3. The van der Waals surface area contributed by atoms with E-state index in [2.05, 4.69) is 11.7 Å². The predicted molar refractivity (Wildman–Crippen MR) is 74.9 cm³/mol. The smallest absolute Gasteiger partial charge is 0.0942 e. The molecule has 1 heterocycles. The van der Waals surface area contributed by atoms with Crippen LogP contribution in [0.2, 0.25) is 5.02 Å². The maximum Gasteiger partial charge on any atom is 0.0942 e. The fourth-order valence-electron chi connectivity index (χ4n) is 1.93. The van der Waals surface area contributed by atoms with Gasteiger partial charge in [-0.2, -0.15) is 5.10 Å². The van der Waals surface area contributed by atoms with Crippen LogP contribution in [0.25, 0.3) is 10.9 Å². The Kier molecular flexibility index (Phi) is 3.89. The van der Waals surface area contributed by atoms with E-state index in [0.29, 0.717) is 30.3 Å². The number of halogens is 1. The summed E-state index contributed by atoms with van der Waals surface area (Å²) in [4.78, 5) is 0. The fraction of sp³-hybridized carbons (Fsp3) is 0.308. The summed E-state index contributed by atoms with van der Waals surface area (Å²) in [6, 6.07) is 1.79. The normalized spacial score (nSPS) is 11.0. The van der Waals surface area contributed by atoms with E-state index in [1.807, 2.05) is 17.0 Å². The molecule has 0 saturated heterocycles. The zero-order chi connectivity index (χ0) is 13.1. The Balaban J connectivity index is 2.52. The minimum Gasteiger partial charge on any atom is -0.397 e. The molecule has 4 nitrogen and oxygen atoms in total. The van der Waals surface area contributed by atoms with Gasteiger partial charge in [0.15, 0.2) is 0 Å². The van der Waals surface area contributed by atoms with E-state index >= 15 is 0 Å². The molecule has 0 bridgehead atoms. The molecule has 5 heteroatoms. The van der Waals surface area contributed by atoms with Crippen molar-refractivity contribution in [2.45, 2.75) is 13.0 Å². The lowest BCUT2D eigenvalue weighted by molar-refractivity contribution is 0.184. The number of nitrogen functional groups attached to an aromatic ring is 1. The van der Waals surface area contributed by atoms with Gasteiger partial charge in [0, 0.05) is 18.7 Å².